The molecule has 0 atom stereocenters. The molecule has 1 fully saturated rings. The van der Waals surface area contributed by atoms with Crippen LogP contribution < -0.4 is 4.90 Å². The molecule has 1 spiro atoms. The summed E-state index contributed by atoms with van der Waals surface area (Å²) in [5.41, 5.74) is 1.69. The number of halogens is 2. The van der Waals surface area contributed by atoms with Crippen LogP contribution in [0.5, 0.6) is 0 Å². The molecule has 4 rings (SSSR count). The minimum absolute atomic E-state index is 0.149. The molecule has 20 heavy (non-hydrogen) atoms. The van der Waals surface area contributed by atoms with E-state index in [0.717, 1.165) is 33.5 Å². The van der Waals surface area contributed by atoms with Crippen molar-refractivity contribution in [2.45, 2.75) is 18.3 Å². The van der Waals surface area contributed by atoms with E-state index in [9.17, 15) is 4.79 Å². The molecule has 1 amide bonds. The van der Waals surface area contributed by atoms with E-state index in [0.29, 0.717) is 5.02 Å². The molecule has 1 aromatic heterocycles. The van der Waals surface area contributed by atoms with Crippen LogP contribution in [0.2, 0.25) is 5.02 Å². The molecule has 0 bridgehead atoms. The van der Waals surface area contributed by atoms with Crippen LogP contribution in [0, 0.1) is 3.57 Å². The van der Waals surface area contributed by atoms with Crippen molar-refractivity contribution >= 4 is 51.6 Å². The second-order valence-electron chi connectivity index (χ2n) is 5.32. The van der Waals surface area contributed by atoms with Crippen molar-refractivity contribution in [1.29, 1.82) is 0 Å². The molecule has 0 saturated heterocycles. The average molecular weight is 400 g/mol. The lowest BCUT2D eigenvalue weighted by Gasteiger charge is -2.18. The molecule has 1 aromatic carbocycles. The first-order valence-corrected chi connectivity index (χ1v) is 7.82. The lowest BCUT2D eigenvalue weighted by Crippen LogP contribution is -2.29. The maximum Gasteiger partial charge on any atom is 0.243 e. The van der Waals surface area contributed by atoms with E-state index in [4.69, 9.17) is 11.6 Å². The molecule has 0 unspecified atom stereocenters. The monoisotopic (exact) mass is 399 g/mol. The van der Waals surface area contributed by atoms with Gasteiger partial charge in [0.25, 0.3) is 0 Å². The fourth-order valence-electron chi connectivity index (χ4n) is 3.01. The van der Waals surface area contributed by atoms with Gasteiger partial charge in [0.15, 0.2) is 5.82 Å². The summed E-state index contributed by atoms with van der Waals surface area (Å²) in [7, 11) is 1.85. The maximum atomic E-state index is 12.9. The van der Waals surface area contributed by atoms with Gasteiger partial charge in [0.2, 0.25) is 5.91 Å². The number of anilines is 2. The number of amides is 1. The molecule has 0 N–H and O–H groups in total. The molecule has 4 nitrogen and oxygen atoms in total. The fourth-order valence-corrected chi connectivity index (χ4v) is 3.89. The zero-order chi connectivity index (χ0) is 14.1. The van der Waals surface area contributed by atoms with Gasteiger partial charge >= 0.3 is 0 Å². The van der Waals surface area contributed by atoms with Crippen LogP contribution >= 0.6 is 34.2 Å². The molecule has 2 heterocycles. The predicted octanol–water partition coefficient (Wildman–Crippen LogP) is 3.39. The van der Waals surface area contributed by atoms with Crippen molar-refractivity contribution in [2.24, 2.45) is 7.05 Å². The van der Waals surface area contributed by atoms with Gasteiger partial charge in [-0.2, -0.15) is 5.10 Å². The molecule has 0 radical (unpaired) electrons. The van der Waals surface area contributed by atoms with E-state index in [1.165, 1.54) is 0 Å². The minimum atomic E-state index is -0.312. The van der Waals surface area contributed by atoms with Gasteiger partial charge in [-0.1, -0.05) is 17.7 Å². The van der Waals surface area contributed by atoms with E-state index in [1.807, 2.05) is 25.2 Å². The highest BCUT2D eigenvalue weighted by Crippen LogP contribution is 2.59. The van der Waals surface area contributed by atoms with Gasteiger partial charge in [-0.15, -0.1) is 0 Å². The average Bonchev–Trinajstić information content (AvgIpc) is 3.11. The molecule has 2 aliphatic rings. The highest BCUT2D eigenvalue weighted by atomic mass is 127. The molecule has 1 saturated carbocycles. The van der Waals surface area contributed by atoms with Crippen molar-refractivity contribution in [1.82, 2.24) is 9.78 Å². The molecular formula is C14H11ClIN3O. The van der Waals surface area contributed by atoms with E-state index >= 15 is 0 Å². The van der Waals surface area contributed by atoms with Crippen LogP contribution in [0.4, 0.5) is 11.5 Å². The van der Waals surface area contributed by atoms with Gasteiger partial charge in [0.1, 0.15) is 0 Å². The Balaban J connectivity index is 1.98. The Hall–Kier alpha value is -1.08. The summed E-state index contributed by atoms with van der Waals surface area (Å²) in [5.74, 6) is 0.971. The Labute approximate surface area is 134 Å². The maximum absolute atomic E-state index is 12.9. The second kappa shape index (κ2) is 3.98. The molecule has 102 valence electrons. The Morgan fingerprint density at radius 2 is 2.15 bits per heavy atom. The van der Waals surface area contributed by atoms with E-state index in [2.05, 4.69) is 27.7 Å². The van der Waals surface area contributed by atoms with E-state index < -0.39 is 0 Å². The topological polar surface area (TPSA) is 38.1 Å². The molecule has 1 aliphatic heterocycles. The summed E-state index contributed by atoms with van der Waals surface area (Å²) in [4.78, 5) is 14.7. The quantitative estimate of drug-likeness (QED) is 0.690. The summed E-state index contributed by atoms with van der Waals surface area (Å²) in [5, 5.41) is 4.89. The normalized spacial score (nSPS) is 18.8. The largest absolute Gasteiger partial charge is 0.273 e. The summed E-state index contributed by atoms with van der Waals surface area (Å²) in [6.07, 6.45) is 3.61. The van der Waals surface area contributed by atoms with Gasteiger partial charge in [0, 0.05) is 12.1 Å². The standard InChI is InChI=1S/C14H11ClIN3O/c1-18-12(10(16)7-17-18)19-11-6-8(15)2-3-9(11)14(4-5-14)13(19)20/h2-3,6-7H,4-5H2,1H3. The SMILES string of the molecule is Cn1ncc(I)c1N1C(=O)C2(CC2)c2ccc(Cl)cc21. The number of aryl methyl sites for hydroxylation is 1. The van der Waals surface area contributed by atoms with E-state index in [-0.39, 0.29) is 11.3 Å². The van der Waals surface area contributed by atoms with Gasteiger partial charge in [-0.25, -0.2) is 0 Å². The van der Waals surface area contributed by atoms with Crippen LogP contribution in [-0.4, -0.2) is 15.7 Å². The highest BCUT2D eigenvalue weighted by molar-refractivity contribution is 14.1. The second-order valence-corrected chi connectivity index (χ2v) is 6.92. The lowest BCUT2D eigenvalue weighted by molar-refractivity contribution is -0.119. The summed E-state index contributed by atoms with van der Waals surface area (Å²) in [6.45, 7) is 0. The number of rotatable bonds is 1. The summed E-state index contributed by atoms with van der Waals surface area (Å²) in [6, 6.07) is 5.74. The number of hydrogen-bond donors (Lipinski definition) is 0. The van der Waals surface area contributed by atoms with Crippen molar-refractivity contribution in [3.05, 3.63) is 38.6 Å². The molecule has 2 aromatic rings. The minimum Gasteiger partial charge on any atom is -0.273 e. The number of aromatic nitrogens is 2. The fraction of sp³-hybridized carbons (Fsp3) is 0.286. The Bertz CT molecular complexity index is 731. The number of fused-ring (bicyclic) bond motifs is 2. The zero-order valence-electron chi connectivity index (χ0n) is 10.7. The van der Waals surface area contributed by atoms with Crippen LogP contribution in [0.15, 0.2) is 24.4 Å². The third kappa shape index (κ3) is 1.47. The molecule has 1 aliphatic carbocycles. The molecular weight excluding hydrogens is 389 g/mol. The number of carbonyl (C=O) groups is 1. The van der Waals surface area contributed by atoms with Crippen LogP contribution in [-0.2, 0) is 17.3 Å². The van der Waals surface area contributed by atoms with Crippen molar-refractivity contribution in [2.75, 3.05) is 4.90 Å². The lowest BCUT2D eigenvalue weighted by atomic mass is 9.98. The van der Waals surface area contributed by atoms with Crippen LogP contribution in [0.25, 0.3) is 0 Å². The molecule has 6 heteroatoms. The van der Waals surface area contributed by atoms with Gasteiger partial charge in [-0.3, -0.25) is 14.4 Å². The third-order valence-corrected chi connectivity index (χ3v) is 5.15. The highest BCUT2D eigenvalue weighted by Gasteiger charge is 2.60. The Morgan fingerprint density at radius 3 is 2.75 bits per heavy atom. The summed E-state index contributed by atoms with van der Waals surface area (Å²) >= 11 is 8.34. The smallest absolute Gasteiger partial charge is 0.243 e. The summed E-state index contributed by atoms with van der Waals surface area (Å²) < 4.78 is 2.70. The van der Waals surface area contributed by atoms with Crippen LogP contribution in [0.1, 0.15) is 18.4 Å². The Morgan fingerprint density at radius 1 is 1.40 bits per heavy atom. The van der Waals surface area contributed by atoms with Gasteiger partial charge in [-0.05, 0) is 53.1 Å². The number of carbonyl (C=O) groups excluding carboxylic acids is 1. The van der Waals surface area contributed by atoms with Crippen molar-refractivity contribution < 1.29 is 4.79 Å². The first kappa shape index (κ1) is 12.6. The Kier molecular flexibility index (Phi) is 2.51. The number of hydrogen-bond acceptors (Lipinski definition) is 2. The van der Waals surface area contributed by atoms with Crippen molar-refractivity contribution in [3.63, 3.8) is 0 Å². The number of nitrogens with zero attached hydrogens (tertiary/aromatic N) is 3. The van der Waals surface area contributed by atoms with Gasteiger partial charge in [0.05, 0.1) is 20.9 Å². The van der Waals surface area contributed by atoms with Gasteiger partial charge < -0.3 is 0 Å². The zero-order valence-corrected chi connectivity index (χ0v) is 13.6. The number of benzene rings is 1. The predicted molar refractivity (Wildman–Crippen MR) is 85.4 cm³/mol. The first-order valence-electron chi connectivity index (χ1n) is 6.37. The van der Waals surface area contributed by atoms with E-state index in [1.54, 1.807) is 15.8 Å². The van der Waals surface area contributed by atoms with Crippen molar-refractivity contribution in [3.8, 4) is 0 Å². The first-order chi connectivity index (χ1) is 9.54. The third-order valence-electron chi connectivity index (χ3n) is 4.15. The van der Waals surface area contributed by atoms with Crippen LogP contribution in [0.3, 0.4) is 0 Å².